The van der Waals surface area contributed by atoms with E-state index in [1.165, 1.54) is 0 Å². The lowest BCUT2D eigenvalue weighted by atomic mass is 9.83. The molecule has 0 radical (unpaired) electrons. The molecule has 5 nitrogen and oxygen atoms in total. The molecule has 2 aliphatic rings. The Morgan fingerprint density at radius 1 is 1.21 bits per heavy atom. The standard InChI is InChI=1S/C14H20O5/c1-3-18-12(16)14(13(17)19-4-2)7-9-5-11(15)6-10(9)8-14/h9-10H,3-8H2,1-2H3/i9D. The third-order valence-electron chi connectivity index (χ3n) is 3.93. The molecule has 2 fully saturated rings. The van der Waals surface area contributed by atoms with E-state index in [1.54, 1.807) is 13.8 Å². The fourth-order valence-corrected chi connectivity index (χ4v) is 3.13. The van der Waals surface area contributed by atoms with Crippen LogP contribution in [0.25, 0.3) is 0 Å². The minimum absolute atomic E-state index is 0.0219. The molecule has 2 saturated carbocycles. The lowest BCUT2D eigenvalue weighted by Gasteiger charge is -2.25. The molecule has 0 aromatic carbocycles. The molecule has 19 heavy (non-hydrogen) atoms. The molecular weight excluding hydrogens is 248 g/mol. The molecule has 0 heterocycles. The van der Waals surface area contributed by atoms with E-state index < -0.39 is 23.2 Å². The first-order chi connectivity index (χ1) is 9.38. The van der Waals surface area contributed by atoms with Crippen molar-refractivity contribution in [2.45, 2.75) is 39.5 Å². The monoisotopic (exact) mass is 269 g/mol. The lowest BCUT2D eigenvalue weighted by molar-refractivity contribution is -0.172. The number of ether oxygens (including phenoxy) is 2. The van der Waals surface area contributed by atoms with Crippen molar-refractivity contribution in [1.29, 1.82) is 0 Å². The first kappa shape index (κ1) is 12.6. The van der Waals surface area contributed by atoms with Crippen molar-refractivity contribution in [3.05, 3.63) is 0 Å². The summed E-state index contributed by atoms with van der Waals surface area (Å²) in [5, 5.41) is 0. The molecule has 0 saturated heterocycles. The van der Waals surface area contributed by atoms with E-state index in [2.05, 4.69) is 0 Å². The second-order valence-corrected chi connectivity index (χ2v) is 5.18. The average molecular weight is 269 g/mol. The van der Waals surface area contributed by atoms with Crippen LogP contribution in [0.2, 0.25) is 0 Å². The van der Waals surface area contributed by atoms with Crippen LogP contribution in [0.4, 0.5) is 0 Å². The van der Waals surface area contributed by atoms with E-state index in [0.29, 0.717) is 0 Å². The molecule has 2 rings (SSSR count). The molecule has 2 unspecified atom stereocenters. The normalized spacial score (nSPS) is 32.6. The van der Waals surface area contributed by atoms with Gasteiger partial charge in [0.15, 0.2) is 5.41 Å². The van der Waals surface area contributed by atoms with Crippen LogP contribution in [0, 0.1) is 17.2 Å². The van der Waals surface area contributed by atoms with Crippen molar-refractivity contribution >= 4 is 17.7 Å². The summed E-state index contributed by atoms with van der Waals surface area (Å²) >= 11 is 0. The third kappa shape index (κ3) is 2.38. The highest BCUT2D eigenvalue weighted by molar-refractivity contribution is 6.01. The maximum absolute atomic E-state index is 12.2. The molecule has 0 spiro atoms. The van der Waals surface area contributed by atoms with Crippen molar-refractivity contribution in [3.63, 3.8) is 0 Å². The molecule has 2 aliphatic carbocycles. The zero-order chi connectivity index (χ0) is 15.0. The Balaban J connectivity index is 2.29. The summed E-state index contributed by atoms with van der Waals surface area (Å²) in [5.41, 5.74) is -1.40. The number of rotatable bonds is 4. The Kier molecular flexibility index (Phi) is 3.53. The quantitative estimate of drug-likeness (QED) is 0.571. The summed E-state index contributed by atoms with van der Waals surface area (Å²) < 4.78 is 18.4. The van der Waals surface area contributed by atoms with Gasteiger partial charge in [0, 0.05) is 14.2 Å². The van der Waals surface area contributed by atoms with Crippen molar-refractivity contribution in [1.82, 2.24) is 0 Å². The summed E-state index contributed by atoms with van der Waals surface area (Å²) in [6.45, 7) is 3.70. The highest BCUT2D eigenvalue weighted by Gasteiger charge is 2.59. The van der Waals surface area contributed by atoms with Gasteiger partial charge in [0.1, 0.15) is 5.78 Å². The number of hydrogen-bond donors (Lipinski definition) is 0. The summed E-state index contributed by atoms with van der Waals surface area (Å²) in [6.07, 6.45) is 0.580. The van der Waals surface area contributed by atoms with Crippen molar-refractivity contribution in [2.24, 2.45) is 17.2 Å². The van der Waals surface area contributed by atoms with Gasteiger partial charge in [0.05, 0.1) is 13.2 Å². The van der Waals surface area contributed by atoms with Gasteiger partial charge in [-0.2, -0.15) is 0 Å². The van der Waals surface area contributed by atoms with Crippen molar-refractivity contribution in [3.8, 4) is 0 Å². The number of carbonyl (C=O) groups is 3. The summed E-state index contributed by atoms with van der Waals surface area (Å²) in [4.78, 5) is 36.0. The third-order valence-corrected chi connectivity index (χ3v) is 3.93. The Morgan fingerprint density at radius 3 is 2.26 bits per heavy atom. The zero-order valence-electron chi connectivity index (χ0n) is 12.4. The van der Waals surface area contributed by atoms with Crippen LogP contribution >= 0.6 is 0 Å². The maximum atomic E-state index is 12.2. The van der Waals surface area contributed by atoms with Crippen molar-refractivity contribution in [2.75, 3.05) is 13.2 Å². The molecule has 0 aliphatic heterocycles. The predicted octanol–water partition coefficient (Wildman–Crippen LogP) is 1.49. The summed E-state index contributed by atoms with van der Waals surface area (Å²) in [5.74, 6) is -2.50. The van der Waals surface area contributed by atoms with E-state index in [-0.39, 0.29) is 50.6 Å². The van der Waals surface area contributed by atoms with Gasteiger partial charge < -0.3 is 9.47 Å². The van der Waals surface area contributed by atoms with E-state index >= 15 is 0 Å². The van der Waals surface area contributed by atoms with Gasteiger partial charge in [0.2, 0.25) is 0 Å². The number of carbonyl (C=O) groups excluding carboxylic acids is 3. The number of fused-ring (bicyclic) bond motifs is 1. The number of Topliss-reactive ketones (excluding diaryl/α,β-unsaturated/α-hetero) is 1. The Hall–Kier alpha value is -1.39. The average Bonchev–Trinajstić information content (AvgIpc) is 2.78. The second kappa shape index (κ2) is 5.31. The molecule has 5 heteroatoms. The van der Waals surface area contributed by atoms with Gasteiger partial charge in [0.25, 0.3) is 0 Å². The van der Waals surface area contributed by atoms with E-state index in [4.69, 9.17) is 10.8 Å². The molecular formula is C14H20O5. The van der Waals surface area contributed by atoms with Crippen LogP contribution in [0.3, 0.4) is 0 Å². The fraction of sp³-hybridized carbons (Fsp3) is 0.786. The zero-order valence-corrected chi connectivity index (χ0v) is 11.4. The number of ketones is 1. The second-order valence-electron chi connectivity index (χ2n) is 5.18. The Labute approximate surface area is 114 Å². The molecule has 106 valence electrons. The maximum Gasteiger partial charge on any atom is 0.323 e. The predicted molar refractivity (Wildman–Crippen MR) is 66.2 cm³/mol. The van der Waals surface area contributed by atoms with Crippen LogP contribution in [0.5, 0.6) is 0 Å². The molecule has 0 amide bonds. The first-order valence-corrected chi connectivity index (χ1v) is 6.74. The van der Waals surface area contributed by atoms with Crippen LogP contribution in [0.1, 0.15) is 40.9 Å². The Morgan fingerprint density at radius 2 is 1.79 bits per heavy atom. The first-order valence-electron chi connectivity index (χ1n) is 7.24. The van der Waals surface area contributed by atoms with Crippen LogP contribution in [-0.2, 0) is 23.9 Å². The number of esters is 2. The fourth-order valence-electron chi connectivity index (χ4n) is 3.13. The smallest absolute Gasteiger partial charge is 0.323 e. The van der Waals surface area contributed by atoms with Crippen LogP contribution < -0.4 is 0 Å². The van der Waals surface area contributed by atoms with Crippen LogP contribution in [-0.4, -0.2) is 30.9 Å². The highest BCUT2D eigenvalue weighted by atomic mass is 16.6. The van der Waals surface area contributed by atoms with Crippen molar-refractivity contribution < 1.29 is 25.2 Å². The van der Waals surface area contributed by atoms with E-state index in [9.17, 15) is 14.4 Å². The van der Waals surface area contributed by atoms with Gasteiger partial charge in [-0.3, -0.25) is 14.4 Å². The van der Waals surface area contributed by atoms with Gasteiger partial charge in [-0.15, -0.1) is 0 Å². The van der Waals surface area contributed by atoms with Crippen LogP contribution in [0.15, 0.2) is 0 Å². The topological polar surface area (TPSA) is 69.7 Å². The SMILES string of the molecule is [2H]C12CC(=O)CC1CC(C(=O)OCC)(C(=O)OCC)C2. The minimum Gasteiger partial charge on any atom is -0.465 e. The summed E-state index contributed by atoms with van der Waals surface area (Å²) in [6, 6.07) is 0. The highest BCUT2D eigenvalue weighted by Crippen LogP contribution is 2.53. The molecule has 0 aromatic heterocycles. The van der Waals surface area contributed by atoms with Gasteiger partial charge >= 0.3 is 11.9 Å². The van der Waals surface area contributed by atoms with E-state index in [1.807, 2.05) is 0 Å². The lowest BCUT2D eigenvalue weighted by Crippen LogP contribution is -2.40. The molecule has 2 atom stereocenters. The van der Waals surface area contributed by atoms with E-state index in [0.717, 1.165) is 0 Å². The van der Waals surface area contributed by atoms with Gasteiger partial charge in [-0.05, 0) is 38.5 Å². The molecule has 0 bridgehead atoms. The van der Waals surface area contributed by atoms with Gasteiger partial charge in [-0.1, -0.05) is 0 Å². The minimum atomic E-state index is -1.40. The summed E-state index contributed by atoms with van der Waals surface area (Å²) in [7, 11) is 0. The van der Waals surface area contributed by atoms with Gasteiger partial charge in [-0.25, -0.2) is 0 Å². The largest absolute Gasteiger partial charge is 0.465 e. The Bertz CT molecular complexity index is 429. The molecule has 0 N–H and O–H groups in total. The molecule has 0 aromatic rings. The number of hydrogen-bond acceptors (Lipinski definition) is 5.